The molecule has 1 heterocycles. The molecule has 0 saturated carbocycles. The number of aromatic nitrogens is 1. The number of fused-ring (bicyclic) bond motifs is 1. The van der Waals surface area contributed by atoms with Crippen LogP contribution in [0.4, 0.5) is 10.8 Å². The van der Waals surface area contributed by atoms with E-state index in [1.165, 1.54) is 23.5 Å². The second-order valence-corrected chi connectivity index (χ2v) is 8.44. The van der Waals surface area contributed by atoms with Crippen molar-refractivity contribution in [2.24, 2.45) is 0 Å². The van der Waals surface area contributed by atoms with E-state index < -0.39 is 4.92 Å². The van der Waals surface area contributed by atoms with Crippen LogP contribution in [0, 0.1) is 17.0 Å². The average Bonchev–Trinajstić information content (AvgIpc) is 3.20. The van der Waals surface area contributed by atoms with Crippen molar-refractivity contribution in [1.82, 2.24) is 9.88 Å². The molecule has 1 aromatic heterocycles. The highest BCUT2D eigenvalue weighted by Crippen LogP contribution is 2.40. The SMILES string of the molecule is COc1ccc(OC)c2sc(N(CCCN(C)C)C(=O)c3cccc([N+](=O)[O-])c3C)nc12.Cl. The summed E-state index contributed by atoms with van der Waals surface area (Å²) in [6, 6.07) is 8.11. The summed E-state index contributed by atoms with van der Waals surface area (Å²) in [7, 11) is 7.06. The summed E-state index contributed by atoms with van der Waals surface area (Å²) in [5.74, 6) is 0.884. The lowest BCUT2D eigenvalue weighted by Crippen LogP contribution is -2.34. The number of nitrogens with zero attached hydrogens (tertiary/aromatic N) is 4. The highest BCUT2D eigenvalue weighted by Gasteiger charge is 2.26. The van der Waals surface area contributed by atoms with Crippen molar-refractivity contribution < 1.29 is 19.2 Å². The quantitative estimate of drug-likeness (QED) is 0.318. The molecule has 2 aromatic carbocycles. The second-order valence-electron chi connectivity index (χ2n) is 7.46. The van der Waals surface area contributed by atoms with Gasteiger partial charge in [-0.1, -0.05) is 17.4 Å². The van der Waals surface area contributed by atoms with Crippen molar-refractivity contribution in [3.8, 4) is 11.5 Å². The zero-order valence-electron chi connectivity index (χ0n) is 19.2. The van der Waals surface area contributed by atoms with Crippen molar-refractivity contribution >= 4 is 50.7 Å². The van der Waals surface area contributed by atoms with Crippen LogP contribution in [-0.2, 0) is 0 Å². The third kappa shape index (κ3) is 5.52. The average molecular weight is 495 g/mol. The first kappa shape index (κ1) is 26.3. The summed E-state index contributed by atoms with van der Waals surface area (Å²) >= 11 is 1.33. The third-order valence-corrected chi connectivity index (χ3v) is 6.19. The van der Waals surface area contributed by atoms with E-state index in [1.54, 1.807) is 44.2 Å². The molecule has 3 rings (SSSR count). The van der Waals surface area contributed by atoms with Crippen LogP contribution in [0.2, 0.25) is 0 Å². The van der Waals surface area contributed by atoms with Crippen LogP contribution >= 0.6 is 23.7 Å². The number of hydrogen-bond acceptors (Lipinski definition) is 8. The van der Waals surface area contributed by atoms with Gasteiger partial charge in [0, 0.05) is 23.7 Å². The summed E-state index contributed by atoms with van der Waals surface area (Å²) in [5.41, 5.74) is 1.13. The largest absolute Gasteiger partial charge is 0.495 e. The number of anilines is 1. The highest BCUT2D eigenvalue weighted by atomic mass is 35.5. The van der Waals surface area contributed by atoms with E-state index in [1.807, 2.05) is 19.0 Å². The van der Waals surface area contributed by atoms with Crippen LogP contribution in [0.5, 0.6) is 11.5 Å². The van der Waals surface area contributed by atoms with Gasteiger partial charge in [-0.25, -0.2) is 4.98 Å². The molecule has 0 radical (unpaired) electrons. The van der Waals surface area contributed by atoms with Crippen LogP contribution in [0.15, 0.2) is 30.3 Å². The van der Waals surface area contributed by atoms with Crippen LogP contribution < -0.4 is 14.4 Å². The molecule has 11 heteroatoms. The molecule has 3 aromatic rings. The molecule has 0 aliphatic carbocycles. The predicted molar refractivity (Wildman–Crippen MR) is 133 cm³/mol. The Hall–Kier alpha value is -2.95. The summed E-state index contributed by atoms with van der Waals surface area (Å²) < 4.78 is 11.7. The van der Waals surface area contributed by atoms with Gasteiger partial charge in [0.25, 0.3) is 11.6 Å². The van der Waals surface area contributed by atoms with E-state index in [0.717, 1.165) is 11.2 Å². The number of rotatable bonds is 9. The smallest absolute Gasteiger partial charge is 0.273 e. The van der Waals surface area contributed by atoms with Gasteiger partial charge in [-0.05, 0) is 52.2 Å². The molecule has 33 heavy (non-hydrogen) atoms. The van der Waals surface area contributed by atoms with Crippen LogP contribution in [-0.4, -0.2) is 62.1 Å². The van der Waals surface area contributed by atoms with Crippen molar-refractivity contribution in [3.05, 3.63) is 51.6 Å². The van der Waals surface area contributed by atoms with Gasteiger partial charge in [-0.2, -0.15) is 0 Å². The number of carbonyl (C=O) groups excluding carboxylic acids is 1. The Morgan fingerprint density at radius 1 is 1.12 bits per heavy atom. The van der Waals surface area contributed by atoms with Crippen molar-refractivity contribution in [2.75, 3.05) is 46.3 Å². The number of hydrogen-bond donors (Lipinski definition) is 0. The van der Waals surface area contributed by atoms with E-state index in [0.29, 0.717) is 40.7 Å². The van der Waals surface area contributed by atoms with Gasteiger partial charge < -0.3 is 14.4 Å². The zero-order chi connectivity index (χ0) is 23.4. The number of amides is 1. The van der Waals surface area contributed by atoms with E-state index >= 15 is 0 Å². The topological polar surface area (TPSA) is 98.0 Å². The lowest BCUT2D eigenvalue weighted by molar-refractivity contribution is -0.385. The summed E-state index contributed by atoms with van der Waals surface area (Å²) in [6.07, 6.45) is 0.705. The van der Waals surface area contributed by atoms with Crippen LogP contribution in [0.3, 0.4) is 0 Å². The van der Waals surface area contributed by atoms with E-state index in [9.17, 15) is 14.9 Å². The monoisotopic (exact) mass is 494 g/mol. The van der Waals surface area contributed by atoms with E-state index in [4.69, 9.17) is 14.5 Å². The molecule has 0 aliphatic rings. The standard InChI is InChI=1S/C22H26N4O5S.ClH/c1-14-15(8-6-9-16(14)26(28)29)21(27)25(13-7-12-24(2)3)22-23-19-17(30-4)10-11-18(31-5)20(19)32-22;/h6,8-11H,7,12-13H2,1-5H3;1H. The van der Waals surface area contributed by atoms with Gasteiger partial charge in [-0.3, -0.25) is 19.8 Å². The lowest BCUT2D eigenvalue weighted by atomic mass is 10.1. The molecular weight excluding hydrogens is 468 g/mol. The number of benzene rings is 2. The molecule has 0 saturated heterocycles. The first-order valence-electron chi connectivity index (χ1n) is 10.0. The summed E-state index contributed by atoms with van der Waals surface area (Å²) in [4.78, 5) is 32.8. The maximum Gasteiger partial charge on any atom is 0.273 e. The zero-order valence-corrected chi connectivity index (χ0v) is 20.8. The molecule has 0 N–H and O–H groups in total. The Labute approximate surface area is 202 Å². The third-order valence-electron chi connectivity index (χ3n) is 5.09. The van der Waals surface area contributed by atoms with Gasteiger partial charge in [0.1, 0.15) is 21.7 Å². The lowest BCUT2D eigenvalue weighted by Gasteiger charge is -2.21. The molecule has 0 spiro atoms. The van der Waals surface area contributed by atoms with Crippen LogP contribution in [0.25, 0.3) is 10.2 Å². The Bertz CT molecular complexity index is 1110. The molecule has 1 amide bonds. The Morgan fingerprint density at radius 3 is 2.39 bits per heavy atom. The van der Waals surface area contributed by atoms with Gasteiger partial charge in [0.15, 0.2) is 5.13 Å². The van der Waals surface area contributed by atoms with E-state index in [2.05, 4.69) is 0 Å². The number of methoxy groups -OCH3 is 2. The predicted octanol–water partition coefficient (Wildman–Crippen LogP) is 4.55. The van der Waals surface area contributed by atoms with Crippen molar-refractivity contribution in [3.63, 3.8) is 0 Å². The number of nitro groups is 1. The number of carbonyl (C=O) groups is 1. The van der Waals surface area contributed by atoms with Gasteiger partial charge >= 0.3 is 0 Å². The minimum Gasteiger partial charge on any atom is -0.495 e. The number of nitro benzene ring substituents is 1. The number of ether oxygens (including phenoxy) is 2. The number of halogens is 1. The van der Waals surface area contributed by atoms with Gasteiger partial charge in [0.05, 0.1) is 19.1 Å². The fourth-order valence-electron chi connectivity index (χ4n) is 3.42. The van der Waals surface area contributed by atoms with Crippen LogP contribution in [0.1, 0.15) is 22.3 Å². The highest BCUT2D eigenvalue weighted by molar-refractivity contribution is 7.22. The first-order chi connectivity index (χ1) is 15.3. The minimum atomic E-state index is -0.476. The van der Waals surface area contributed by atoms with Gasteiger partial charge in [0.2, 0.25) is 0 Å². The maximum atomic E-state index is 13.6. The second kappa shape index (κ2) is 11.3. The summed E-state index contributed by atoms with van der Waals surface area (Å²) in [5, 5.41) is 11.9. The molecule has 0 unspecified atom stereocenters. The first-order valence-corrected chi connectivity index (χ1v) is 10.8. The Balaban J connectivity index is 0.00000385. The van der Waals surface area contributed by atoms with Crippen molar-refractivity contribution in [1.29, 1.82) is 0 Å². The maximum absolute atomic E-state index is 13.6. The molecule has 178 valence electrons. The normalized spacial score (nSPS) is 10.7. The Kier molecular flexibility index (Phi) is 8.98. The summed E-state index contributed by atoms with van der Waals surface area (Å²) in [6.45, 7) is 2.77. The molecule has 9 nitrogen and oxygen atoms in total. The fraction of sp³-hybridized carbons (Fsp3) is 0.364. The van der Waals surface area contributed by atoms with E-state index in [-0.39, 0.29) is 29.6 Å². The number of thiazole rings is 1. The molecular formula is C22H27ClN4O5S. The molecule has 0 bridgehead atoms. The molecule has 0 aliphatic heterocycles. The molecule has 0 fully saturated rings. The fourth-order valence-corrected chi connectivity index (χ4v) is 4.52. The minimum absolute atomic E-state index is 0. The molecule has 0 atom stereocenters. The Morgan fingerprint density at radius 2 is 1.79 bits per heavy atom. The van der Waals surface area contributed by atoms with Gasteiger partial charge in [-0.15, -0.1) is 12.4 Å². The van der Waals surface area contributed by atoms with Crippen molar-refractivity contribution in [2.45, 2.75) is 13.3 Å².